The molecule has 0 aliphatic rings. The van der Waals surface area contributed by atoms with Crippen molar-refractivity contribution < 1.29 is 26.7 Å². The Morgan fingerprint density at radius 3 is 2.15 bits per heavy atom. The molecule has 2 amide bonds. The van der Waals surface area contributed by atoms with Crippen LogP contribution in [0.25, 0.3) is 0 Å². The highest BCUT2D eigenvalue weighted by Gasteiger charge is 2.27. The molecule has 0 saturated carbocycles. The molecule has 13 heavy (non-hydrogen) atoms. The maximum atomic E-state index is 11.4. The van der Waals surface area contributed by atoms with Gasteiger partial charge in [-0.3, -0.25) is 0 Å². The van der Waals surface area contributed by atoms with Crippen molar-refractivity contribution in [3.05, 3.63) is 0 Å². The minimum atomic E-state index is -4.54. The van der Waals surface area contributed by atoms with Gasteiger partial charge in [-0.1, -0.05) is 0 Å². The summed E-state index contributed by atoms with van der Waals surface area (Å²) in [5.74, 6) is 0. The van der Waals surface area contributed by atoms with E-state index in [0.29, 0.717) is 0 Å². The van der Waals surface area contributed by atoms with E-state index in [1.807, 2.05) is 0 Å². The number of carbonyl (C=O) groups excluding carboxylic acids is 1. The van der Waals surface area contributed by atoms with E-state index in [0.717, 1.165) is 0 Å². The summed E-state index contributed by atoms with van der Waals surface area (Å²) in [4.78, 5) is 10.3. The molecule has 0 aliphatic heterocycles. The molecule has 2 N–H and O–H groups in total. The number of hydrogen-bond donors (Lipinski definition) is 2. The van der Waals surface area contributed by atoms with Gasteiger partial charge in [-0.15, -0.1) is 0 Å². The van der Waals surface area contributed by atoms with Gasteiger partial charge in [-0.25, -0.2) is 13.6 Å². The molecular formula is C5H7F5N2O. The fraction of sp³-hybridized carbons (Fsp3) is 0.800. The zero-order chi connectivity index (χ0) is 10.5. The first kappa shape index (κ1) is 11.9. The third-order valence-corrected chi connectivity index (χ3v) is 0.866. The number of alkyl halides is 5. The Balaban J connectivity index is 3.53. The molecule has 78 valence electrons. The lowest BCUT2D eigenvalue weighted by Crippen LogP contribution is -2.42. The Kier molecular flexibility index (Phi) is 4.43. The van der Waals surface area contributed by atoms with Gasteiger partial charge in [0.2, 0.25) is 0 Å². The first-order valence-electron chi connectivity index (χ1n) is 3.18. The summed E-state index contributed by atoms with van der Waals surface area (Å²) in [6.45, 7) is -2.51. The van der Waals surface area contributed by atoms with Crippen LogP contribution in [0.2, 0.25) is 0 Å². The van der Waals surface area contributed by atoms with E-state index in [2.05, 4.69) is 0 Å². The van der Waals surface area contributed by atoms with E-state index < -0.39 is 31.7 Å². The Morgan fingerprint density at radius 1 is 1.23 bits per heavy atom. The molecule has 0 aromatic rings. The SMILES string of the molecule is O=C(NCC(F)F)NCC(F)(F)F. The van der Waals surface area contributed by atoms with E-state index in [9.17, 15) is 26.7 Å². The molecule has 0 bridgehead atoms. The topological polar surface area (TPSA) is 41.1 Å². The Labute approximate surface area is 70.3 Å². The smallest absolute Gasteiger partial charge is 0.332 e. The van der Waals surface area contributed by atoms with Crippen LogP contribution in [0.15, 0.2) is 0 Å². The fourth-order valence-electron chi connectivity index (χ4n) is 0.413. The monoisotopic (exact) mass is 206 g/mol. The molecule has 0 atom stereocenters. The lowest BCUT2D eigenvalue weighted by atomic mass is 10.6. The molecule has 0 rings (SSSR count). The largest absolute Gasteiger partial charge is 0.405 e. The normalized spacial score (nSPS) is 11.5. The maximum absolute atomic E-state index is 11.4. The summed E-state index contributed by atoms with van der Waals surface area (Å²) in [6.07, 6.45) is -7.32. The number of carbonyl (C=O) groups is 1. The Morgan fingerprint density at radius 2 is 1.77 bits per heavy atom. The molecule has 0 fully saturated rings. The van der Waals surface area contributed by atoms with E-state index in [1.165, 1.54) is 5.32 Å². The van der Waals surface area contributed by atoms with Crippen LogP contribution in [0.5, 0.6) is 0 Å². The minimum absolute atomic E-state index is 0.969. The van der Waals surface area contributed by atoms with E-state index in [1.54, 1.807) is 5.32 Å². The average Bonchev–Trinajstić information content (AvgIpc) is 1.95. The number of hydrogen-bond acceptors (Lipinski definition) is 1. The number of urea groups is 1. The van der Waals surface area contributed by atoms with Crippen molar-refractivity contribution in [3.8, 4) is 0 Å². The molecule has 0 aromatic carbocycles. The maximum Gasteiger partial charge on any atom is 0.405 e. The number of amides is 2. The van der Waals surface area contributed by atoms with Gasteiger partial charge in [0.25, 0.3) is 6.43 Å². The quantitative estimate of drug-likeness (QED) is 0.667. The lowest BCUT2D eigenvalue weighted by Gasteiger charge is -2.08. The summed E-state index contributed by atoms with van der Waals surface area (Å²) >= 11 is 0. The van der Waals surface area contributed by atoms with Crippen LogP contribution < -0.4 is 10.6 Å². The zero-order valence-electron chi connectivity index (χ0n) is 6.29. The van der Waals surface area contributed by atoms with Crippen molar-refractivity contribution in [1.82, 2.24) is 10.6 Å². The van der Waals surface area contributed by atoms with Crippen LogP contribution in [0.1, 0.15) is 0 Å². The van der Waals surface area contributed by atoms with Gasteiger partial charge in [0.05, 0.1) is 6.54 Å². The van der Waals surface area contributed by atoms with Crippen molar-refractivity contribution >= 4 is 6.03 Å². The summed E-state index contributed by atoms with van der Waals surface area (Å²) in [5, 5.41) is 2.92. The molecule has 0 aromatic heterocycles. The molecule has 8 heteroatoms. The van der Waals surface area contributed by atoms with Crippen molar-refractivity contribution in [1.29, 1.82) is 0 Å². The lowest BCUT2D eigenvalue weighted by molar-refractivity contribution is -0.122. The molecule has 3 nitrogen and oxygen atoms in total. The summed E-state index contributed by atoms with van der Waals surface area (Å²) in [5.41, 5.74) is 0. The number of halogens is 5. The van der Waals surface area contributed by atoms with Crippen LogP contribution in [-0.2, 0) is 0 Å². The van der Waals surface area contributed by atoms with E-state index in [4.69, 9.17) is 0 Å². The van der Waals surface area contributed by atoms with Crippen LogP contribution in [0, 0.1) is 0 Å². The highest BCUT2D eigenvalue weighted by atomic mass is 19.4. The Hall–Kier alpha value is -1.08. The highest BCUT2D eigenvalue weighted by molar-refractivity contribution is 5.73. The minimum Gasteiger partial charge on any atom is -0.332 e. The number of rotatable bonds is 3. The molecule has 0 unspecified atom stereocenters. The van der Waals surface area contributed by atoms with Crippen molar-refractivity contribution in [2.45, 2.75) is 12.6 Å². The second kappa shape index (κ2) is 4.83. The van der Waals surface area contributed by atoms with E-state index in [-0.39, 0.29) is 0 Å². The second-order valence-corrected chi connectivity index (χ2v) is 2.07. The summed E-state index contributed by atoms with van der Waals surface area (Å²) < 4.78 is 57.1. The average molecular weight is 206 g/mol. The fourth-order valence-corrected chi connectivity index (χ4v) is 0.413. The summed E-state index contributed by atoms with van der Waals surface area (Å²) in [6, 6.07) is -1.27. The first-order valence-corrected chi connectivity index (χ1v) is 3.18. The third kappa shape index (κ3) is 8.83. The number of nitrogens with one attached hydrogen (secondary N) is 2. The second-order valence-electron chi connectivity index (χ2n) is 2.07. The molecular weight excluding hydrogens is 199 g/mol. The van der Waals surface area contributed by atoms with Crippen molar-refractivity contribution in [2.24, 2.45) is 0 Å². The van der Waals surface area contributed by atoms with Gasteiger partial charge in [0.15, 0.2) is 0 Å². The molecule has 0 heterocycles. The molecule has 0 spiro atoms. The molecule has 0 saturated heterocycles. The van der Waals surface area contributed by atoms with Crippen molar-refractivity contribution in [2.75, 3.05) is 13.1 Å². The van der Waals surface area contributed by atoms with Gasteiger partial charge in [0, 0.05) is 0 Å². The van der Waals surface area contributed by atoms with Gasteiger partial charge in [0.1, 0.15) is 6.54 Å². The predicted octanol–water partition coefficient (Wildman–Crippen LogP) is 1.11. The van der Waals surface area contributed by atoms with Crippen LogP contribution in [-0.4, -0.2) is 31.7 Å². The van der Waals surface area contributed by atoms with Gasteiger partial charge in [-0.2, -0.15) is 13.2 Å². The Bertz CT molecular complexity index is 169. The van der Waals surface area contributed by atoms with E-state index >= 15 is 0 Å². The van der Waals surface area contributed by atoms with Crippen LogP contribution in [0.4, 0.5) is 26.7 Å². The summed E-state index contributed by atoms with van der Waals surface area (Å²) in [7, 11) is 0. The zero-order valence-corrected chi connectivity index (χ0v) is 6.29. The molecule has 0 radical (unpaired) electrons. The third-order valence-electron chi connectivity index (χ3n) is 0.866. The van der Waals surface area contributed by atoms with Gasteiger partial charge >= 0.3 is 12.2 Å². The van der Waals surface area contributed by atoms with Crippen molar-refractivity contribution in [3.63, 3.8) is 0 Å². The standard InChI is InChI=1S/C5H7F5N2O/c6-3(7)1-11-4(13)12-2-5(8,9)10/h3H,1-2H2,(H2,11,12,13). The van der Waals surface area contributed by atoms with Gasteiger partial charge < -0.3 is 10.6 Å². The molecule has 0 aliphatic carbocycles. The highest BCUT2D eigenvalue weighted by Crippen LogP contribution is 2.11. The van der Waals surface area contributed by atoms with Gasteiger partial charge in [-0.05, 0) is 0 Å². The van der Waals surface area contributed by atoms with Crippen LogP contribution in [0.3, 0.4) is 0 Å². The predicted molar refractivity (Wildman–Crippen MR) is 33.5 cm³/mol. The first-order chi connectivity index (χ1) is 5.81. The van der Waals surface area contributed by atoms with Crippen LogP contribution >= 0.6 is 0 Å².